The minimum atomic E-state index is 1.50. The molecule has 1 N–H and O–H groups in total. The Hall–Kier alpha value is -0.330. The molecular weight excluding hydrogens is 98.1 g/mol. The van der Waals surface area contributed by atoms with Crippen molar-refractivity contribution in [1.82, 2.24) is 0 Å². The van der Waals surface area contributed by atoms with Gasteiger partial charge in [-0.25, -0.2) is 0 Å². The van der Waals surface area contributed by atoms with Crippen LogP contribution in [0.25, 0.3) is 0 Å². The first-order chi connectivity index (χ1) is 4.00. The lowest BCUT2D eigenvalue weighted by atomic mass is 10.0. The van der Waals surface area contributed by atoms with Crippen LogP contribution in [0.1, 0.15) is 38.5 Å². The zero-order valence-corrected chi connectivity index (χ0v) is 5.45. The van der Waals surface area contributed by atoms with Crippen LogP contribution in [0.2, 0.25) is 0 Å². The van der Waals surface area contributed by atoms with Gasteiger partial charge >= 0.3 is 0 Å². The lowest BCUT2D eigenvalue weighted by Crippen LogP contribution is -1.85. The van der Waals surface area contributed by atoms with E-state index in [9.17, 15) is 0 Å². The molecule has 0 amide bonds. The highest BCUT2D eigenvalue weighted by Gasteiger charge is 1.95. The molecule has 1 fully saturated rings. The first-order valence-electron chi connectivity index (χ1n) is 3.35. The fraction of sp³-hybridized carbons (Fsp3) is 0.857. The van der Waals surface area contributed by atoms with Crippen molar-refractivity contribution in [2.75, 3.05) is 0 Å². The molecule has 1 heteroatoms. The molecule has 0 aromatic heterocycles. The molecule has 0 aromatic carbocycles. The predicted molar refractivity (Wildman–Crippen MR) is 37.5 cm³/mol. The molecule has 0 saturated heterocycles. The largest absolute Gasteiger partial charge is 0.317 e. The second-order valence-electron chi connectivity index (χ2n) is 2.12. The van der Waals surface area contributed by atoms with Crippen LogP contribution in [-0.2, 0) is 0 Å². The van der Waals surface area contributed by atoms with Crippen LogP contribution in [0.5, 0.6) is 0 Å². The van der Waals surface area contributed by atoms with Gasteiger partial charge in [-0.1, -0.05) is 38.5 Å². The molecule has 1 aliphatic carbocycles. The van der Waals surface area contributed by atoms with Gasteiger partial charge in [0.15, 0.2) is 0 Å². The van der Waals surface area contributed by atoms with Gasteiger partial charge in [-0.05, 0) is 6.72 Å². The van der Waals surface area contributed by atoms with Gasteiger partial charge in [-0.15, -0.1) is 0 Å². The Morgan fingerprint density at radius 3 is 0.875 bits per heavy atom. The highest BCUT2D eigenvalue weighted by Crippen LogP contribution is 2.15. The van der Waals surface area contributed by atoms with E-state index >= 15 is 0 Å². The normalized spacial score (nSPS) is 18.5. The highest BCUT2D eigenvalue weighted by molar-refractivity contribution is 5.15. The summed E-state index contributed by atoms with van der Waals surface area (Å²) in [6.07, 6.45) is 9.00. The molecule has 0 atom stereocenters. The molecule has 1 rings (SSSR count). The summed E-state index contributed by atoms with van der Waals surface area (Å²) < 4.78 is 0. The Labute approximate surface area is 51.6 Å². The van der Waals surface area contributed by atoms with E-state index in [0.29, 0.717) is 0 Å². The maximum atomic E-state index is 5.50. The minimum Gasteiger partial charge on any atom is -0.317 e. The van der Waals surface area contributed by atoms with E-state index in [4.69, 9.17) is 5.41 Å². The third kappa shape index (κ3) is 3.85. The molecule has 8 heavy (non-hydrogen) atoms. The smallest absolute Gasteiger partial charge is 0.0187 e. The van der Waals surface area contributed by atoms with Crippen molar-refractivity contribution in [3.05, 3.63) is 0 Å². The summed E-state index contributed by atoms with van der Waals surface area (Å²) in [7, 11) is 0. The summed E-state index contributed by atoms with van der Waals surface area (Å²) in [5.74, 6) is 0. The summed E-state index contributed by atoms with van der Waals surface area (Å²) >= 11 is 0. The maximum Gasteiger partial charge on any atom is -0.0187 e. The molecule has 0 spiro atoms. The van der Waals surface area contributed by atoms with Gasteiger partial charge in [0.25, 0.3) is 0 Å². The van der Waals surface area contributed by atoms with E-state index in [0.717, 1.165) is 0 Å². The molecule has 1 saturated carbocycles. The molecule has 1 aliphatic rings. The lowest BCUT2D eigenvalue weighted by molar-refractivity contribution is 0.504. The van der Waals surface area contributed by atoms with Gasteiger partial charge in [-0.3, -0.25) is 0 Å². The highest BCUT2D eigenvalue weighted by atomic mass is 14.2. The van der Waals surface area contributed by atoms with Gasteiger partial charge in [0.2, 0.25) is 0 Å². The Bertz CT molecular complexity index is 28.1. The van der Waals surface area contributed by atoms with Crippen LogP contribution in [0.3, 0.4) is 0 Å². The number of hydrogen-bond acceptors (Lipinski definition) is 1. The zero-order valence-electron chi connectivity index (χ0n) is 5.45. The number of hydrogen-bond donors (Lipinski definition) is 1. The van der Waals surface area contributed by atoms with E-state index in [1.165, 1.54) is 38.5 Å². The van der Waals surface area contributed by atoms with Crippen LogP contribution in [-0.4, -0.2) is 6.72 Å². The molecular formula is C7H15N. The molecule has 0 unspecified atom stereocenters. The van der Waals surface area contributed by atoms with E-state index < -0.39 is 0 Å². The maximum absolute atomic E-state index is 5.50. The van der Waals surface area contributed by atoms with E-state index in [-0.39, 0.29) is 0 Å². The van der Waals surface area contributed by atoms with Gasteiger partial charge in [-0.2, -0.15) is 0 Å². The van der Waals surface area contributed by atoms with Crippen molar-refractivity contribution in [3.8, 4) is 0 Å². The first kappa shape index (κ1) is 7.67. The molecule has 0 heterocycles. The third-order valence-corrected chi connectivity index (χ3v) is 1.50. The molecule has 0 bridgehead atoms. The van der Waals surface area contributed by atoms with Crippen LogP contribution >= 0.6 is 0 Å². The topological polar surface area (TPSA) is 23.9 Å². The number of nitrogens with one attached hydrogen (secondary N) is 1. The van der Waals surface area contributed by atoms with Gasteiger partial charge in [0.05, 0.1) is 0 Å². The Kier molecular flexibility index (Phi) is 6.39. The summed E-state index contributed by atoms with van der Waals surface area (Å²) in [6, 6.07) is 0. The minimum absolute atomic E-state index is 1.50. The summed E-state index contributed by atoms with van der Waals surface area (Å²) in [4.78, 5) is 0. The lowest BCUT2D eigenvalue weighted by Gasteiger charge is -2.05. The first-order valence-corrected chi connectivity index (χ1v) is 3.35. The monoisotopic (exact) mass is 113 g/mol. The summed E-state index contributed by atoms with van der Waals surface area (Å²) in [6.45, 7) is 2.50. The summed E-state index contributed by atoms with van der Waals surface area (Å²) in [5, 5.41) is 5.50. The van der Waals surface area contributed by atoms with Crippen LogP contribution in [0, 0.1) is 5.41 Å². The third-order valence-electron chi connectivity index (χ3n) is 1.50. The zero-order chi connectivity index (χ0) is 6.24. The quantitative estimate of drug-likeness (QED) is 0.467. The molecule has 0 aromatic rings. The van der Waals surface area contributed by atoms with Crippen molar-refractivity contribution in [2.24, 2.45) is 0 Å². The molecule has 48 valence electrons. The molecule has 0 aliphatic heterocycles. The van der Waals surface area contributed by atoms with Crippen molar-refractivity contribution >= 4 is 6.72 Å². The fourth-order valence-electron chi connectivity index (χ4n) is 1.06. The average molecular weight is 113 g/mol. The molecule has 0 radical (unpaired) electrons. The standard InChI is InChI=1S/C6H12.CH3N/c1-2-4-6-5-3-1;1-2/h1-6H2;2H,1H2. The Morgan fingerprint density at radius 1 is 0.625 bits per heavy atom. The van der Waals surface area contributed by atoms with E-state index in [2.05, 4.69) is 6.72 Å². The molecule has 1 nitrogen and oxygen atoms in total. The SMILES string of the molecule is C1CCCCC1.C=N. The van der Waals surface area contributed by atoms with Crippen molar-refractivity contribution < 1.29 is 0 Å². The number of rotatable bonds is 0. The van der Waals surface area contributed by atoms with E-state index in [1.54, 1.807) is 0 Å². The van der Waals surface area contributed by atoms with Crippen LogP contribution < -0.4 is 0 Å². The fourth-order valence-corrected chi connectivity index (χ4v) is 1.06. The van der Waals surface area contributed by atoms with Crippen molar-refractivity contribution in [2.45, 2.75) is 38.5 Å². The van der Waals surface area contributed by atoms with Gasteiger partial charge in [0.1, 0.15) is 0 Å². The van der Waals surface area contributed by atoms with Crippen LogP contribution in [0.4, 0.5) is 0 Å². The predicted octanol–water partition coefficient (Wildman–Crippen LogP) is 2.61. The second-order valence-corrected chi connectivity index (χ2v) is 2.12. The second kappa shape index (κ2) is 6.67. The summed E-state index contributed by atoms with van der Waals surface area (Å²) in [5.41, 5.74) is 0. The van der Waals surface area contributed by atoms with Crippen LogP contribution in [0.15, 0.2) is 0 Å². The van der Waals surface area contributed by atoms with Crippen molar-refractivity contribution in [1.29, 1.82) is 5.41 Å². The Balaban J connectivity index is 0.000000222. The van der Waals surface area contributed by atoms with E-state index in [1.807, 2.05) is 0 Å². The Morgan fingerprint density at radius 2 is 0.750 bits per heavy atom. The average Bonchev–Trinajstić information content (AvgIpc) is 1.96. The van der Waals surface area contributed by atoms with Gasteiger partial charge < -0.3 is 5.41 Å². The van der Waals surface area contributed by atoms with Gasteiger partial charge in [0, 0.05) is 0 Å². The van der Waals surface area contributed by atoms with Crippen molar-refractivity contribution in [3.63, 3.8) is 0 Å².